The van der Waals surface area contributed by atoms with Gasteiger partial charge >= 0.3 is 0 Å². The molecule has 0 unspecified atom stereocenters. The van der Waals surface area contributed by atoms with Crippen LogP contribution < -0.4 is 10.1 Å². The van der Waals surface area contributed by atoms with Crippen LogP contribution in [-0.4, -0.2) is 13.0 Å². The highest BCUT2D eigenvalue weighted by Gasteiger charge is 2.10. The summed E-state index contributed by atoms with van der Waals surface area (Å²) in [5.74, 6) is 0.818. The minimum atomic E-state index is -0.0405. The van der Waals surface area contributed by atoms with Crippen LogP contribution in [-0.2, 0) is 11.2 Å². The van der Waals surface area contributed by atoms with Gasteiger partial charge in [-0.25, -0.2) is 0 Å². The molecule has 0 fully saturated rings. The van der Waals surface area contributed by atoms with Gasteiger partial charge in [0.15, 0.2) is 0 Å². The molecule has 0 spiro atoms. The Bertz CT molecular complexity index is 566. The zero-order chi connectivity index (χ0) is 14.4. The van der Waals surface area contributed by atoms with E-state index in [1.807, 2.05) is 61.5 Å². The van der Waals surface area contributed by atoms with Crippen LogP contribution >= 0.6 is 0 Å². The van der Waals surface area contributed by atoms with Gasteiger partial charge in [-0.1, -0.05) is 42.5 Å². The summed E-state index contributed by atoms with van der Waals surface area (Å²) in [5, 5.41) is 3.00. The van der Waals surface area contributed by atoms with E-state index in [9.17, 15) is 4.79 Å². The lowest BCUT2D eigenvalue weighted by molar-refractivity contribution is -0.121. The molecule has 3 nitrogen and oxygen atoms in total. The number of rotatable bonds is 5. The fourth-order valence-corrected chi connectivity index (χ4v) is 2.07. The van der Waals surface area contributed by atoms with Crippen LogP contribution in [0, 0.1) is 0 Å². The van der Waals surface area contributed by atoms with Crippen molar-refractivity contribution < 1.29 is 9.53 Å². The maximum absolute atomic E-state index is 12.0. The normalized spacial score (nSPS) is 11.7. The van der Waals surface area contributed by atoms with Crippen LogP contribution in [0.4, 0.5) is 0 Å². The minimum absolute atomic E-state index is 0.0199. The standard InChI is InChI=1S/C17H19NO2/c1-13(15-9-6-10-16(12-15)20-2)18-17(19)11-14-7-4-3-5-8-14/h3-10,12-13H,11H2,1-2H3,(H,18,19)/t13-/m0/s1. The van der Waals surface area contributed by atoms with Crippen molar-refractivity contribution in [3.8, 4) is 5.75 Å². The molecule has 3 heteroatoms. The number of nitrogens with one attached hydrogen (secondary N) is 1. The van der Waals surface area contributed by atoms with Crippen LogP contribution in [0.3, 0.4) is 0 Å². The maximum Gasteiger partial charge on any atom is 0.224 e. The van der Waals surface area contributed by atoms with E-state index < -0.39 is 0 Å². The molecule has 1 amide bonds. The Labute approximate surface area is 119 Å². The number of amides is 1. The molecular weight excluding hydrogens is 250 g/mol. The van der Waals surface area contributed by atoms with Crippen molar-refractivity contribution in [2.45, 2.75) is 19.4 Å². The first-order chi connectivity index (χ1) is 9.69. The second kappa shape index (κ2) is 6.75. The van der Waals surface area contributed by atoms with E-state index in [1.54, 1.807) is 7.11 Å². The van der Waals surface area contributed by atoms with Crippen molar-refractivity contribution in [3.05, 3.63) is 65.7 Å². The third-order valence-electron chi connectivity index (χ3n) is 3.18. The van der Waals surface area contributed by atoms with Crippen molar-refractivity contribution >= 4 is 5.91 Å². The Hall–Kier alpha value is -2.29. The fourth-order valence-electron chi connectivity index (χ4n) is 2.07. The molecular formula is C17H19NO2. The summed E-state index contributed by atoms with van der Waals surface area (Å²) in [6.07, 6.45) is 0.398. The monoisotopic (exact) mass is 269 g/mol. The third-order valence-corrected chi connectivity index (χ3v) is 3.18. The van der Waals surface area contributed by atoms with Gasteiger partial charge < -0.3 is 10.1 Å². The molecule has 0 saturated carbocycles. The Morgan fingerprint density at radius 2 is 1.90 bits per heavy atom. The Kier molecular flexibility index (Phi) is 4.77. The van der Waals surface area contributed by atoms with Crippen molar-refractivity contribution in [3.63, 3.8) is 0 Å². The van der Waals surface area contributed by atoms with Gasteiger partial charge in [-0.05, 0) is 30.2 Å². The largest absolute Gasteiger partial charge is 0.497 e. The highest BCUT2D eigenvalue weighted by atomic mass is 16.5. The van der Waals surface area contributed by atoms with Gasteiger partial charge in [-0.2, -0.15) is 0 Å². The van der Waals surface area contributed by atoms with E-state index in [0.29, 0.717) is 6.42 Å². The van der Waals surface area contributed by atoms with Gasteiger partial charge in [0.05, 0.1) is 19.6 Å². The average molecular weight is 269 g/mol. The summed E-state index contributed by atoms with van der Waals surface area (Å²) < 4.78 is 5.19. The number of hydrogen-bond acceptors (Lipinski definition) is 2. The third kappa shape index (κ3) is 3.85. The van der Waals surface area contributed by atoms with Crippen molar-refractivity contribution in [1.29, 1.82) is 0 Å². The summed E-state index contributed by atoms with van der Waals surface area (Å²) in [6.45, 7) is 1.97. The quantitative estimate of drug-likeness (QED) is 0.905. The summed E-state index contributed by atoms with van der Waals surface area (Å²) >= 11 is 0. The molecule has 0 heterocycles. The zero-order valence-electron chi connectivity index (χ0n) is 11.8. The van der Waals surface area contributed by atoms with Gasteiger partial charge in [0.1, 0.15) is 5.75 Å². The van der Waals surface area contributed by atoms with Gasteiger partial charge in [-0.3, -0.25) is 4.79 Å². The molecule has 1 atom stereocenters. The molecule has 0 aliphatic heterocycles. The van der Waals surface area contributed by atoms with E-state index >= 15 is 0 Å². The lowest BCUT2D eigenvalue weighted by Crippen LogP contribution is -2.28. The van der Waals surface area contributed by atoms with E-state index in [2.05, 4.69) is 5.32 Å². The highest BCUT2D eigenvalue weighted by Crippen LogP contribution is 2.18. The number of benzene rings is 2. The molecule has 0 aliphatic rings. The van der Waals surface area contributed by atoms with Crippen molar-refractivity contribution in [2.75, 3.05) is 7.11 Å². The van der Waals surface area contributed by atoms with E-state index in [-0.39, 0.29) is 11.9 Å². The molecule has 1 N–H and O–H groups in total. The van der Waals surface area contributed by atoms with E-state index in [1.165, 1.54) is 0 Å². The minimum Gasteiger partial charge on any atom is -0.497 e. The van der Waals surface area contributed by atoms with Crippen LogP contribution in [0.1, 0.15) is 24.1 Å². The average Bonchev–Trinajstić information content (AvgIpc) is 2.48. The summed E-state index contributed by atoms with van der Waals surface area (Å²) in [7, 11) is 1.64. The molecule has 2 aromatic rings. The number of carbonyl (C=O) groups is 1. The van der Waals surface area contributed by atoms with Crippen molar-refractivity contribution in [2.24, 2.45) is 0 Å². The molecule has 0 saturated heterocycles. The number of methoxy groups -OCH3 is 1. The first-order valence-electron chi connectivity index (χ1n) is 6.66. The molecule has 0 aliphatic carbocycles. The second-order valence-corrected chi connectivity index (χ2v) is 4.73. The lowest BCUT2D eigenvalue weighted by Gasteiger charge is -2.15. The Morgan fingerprint density at radius 1 is 1.15 bits per heavy atom. The van der Waals surface area contributed by atoms with Crippen LogP contribution in [0.25, 0.3) is 0 Å². The number of hydrogen-bond donors (Lipinski definition) is 1. The maximum atomic E-state index is 12.0. The summed E-state index contributed by atoms with van der Waals surface area (Å²) in [4.78, 5) is 12.0. The predicted octanol–water partition coefficient (Wildman–Crippen LogP) is 3.12. The summed E-state index contributed by atoms with van der Waals surface area (Å²) in [5.41, 5.74) is 2.05. The molecule has 2 aromatic carbocycles. The Balaban J connectivity index is 1.96. The number of carbonyl (C=O) groups excluding carboxylic acids is 1. The SMILES string of the molecule is COc1cccc([C@H](C)NC(=O)Cc2ccccc2)c1. The molecule has 0 bridgehead atoms. The van der Waals surface area contributed by atoms with Crippen molar-refractivity contribution in [1.82, 2.24) is 5.32 Å². The molecule has 20 heavy (non-hydrogen) atoms. The first kappa shape index (κ1) is 14.1. The van der Waals surface area contributed by atoms with Gasteiger partial charge in [-0.15, -0.1) is 0 Å². The molecule has 0 radical (unpaired) electrons. The first-order valence-corrected chi connectivity index (χ1v) is 6.66. The molecule has 0 aromatic heterocycles. The number of ether oxygens (including phenoxy) is 1. The van der Waals surface area contributed by atoms with E-state index in [4.69, 9.17) is 4.74 Å². The van der Waals surface area contributed by atoms with Gasteiger partial charge in [0.25, 0.3) is 0 Å². The predicted molar refractivity (Wildman–Crippen MR) is 79.7 cm³/mol. The van der Waals surface area contributed by atoms with Crippen LogP contribution in [0.15, 0.2) is 54.6 Å². The van der Waals surface area contributed by atoms with E-state index in [0.717, 1.165) is 16.9 Å². The highest BCUT2D eigenvalue weighted by molar-refractivity contribution is 5.79. The smallest absolute Gasteiger partial charge is 0.224 e. The fraction of sp³-hybridized carbons (Fsp3) is 0.235. The zero-order valence-corrected chi connectivity index (χ0v) is 11.8. The molecule has 2 rings (SSSR count). The Morgan fingerprint density at radius 3 is 2.60 bits per heavy atom. The topological polar surface area (TPSA) is 38.3 Å². The van der Waals surface area contributed by atoms with Gasteiger partial charge in [0.2, 0.25) is 5.91 Å². The van der Waals surface area contributed by atoms with Crippen LogP contribution in [0.2, 0.25) is 0 Å². The summed E-state index contributed by atoms with van der Waals surface area (Å²) in [6, 6.07) is 17.4. The molecule has 104 valence electrons. The van der Waals surface area contributed by atoms with Gasteiger partial charge in [0, 0.05) is 0 Å². The second-order valence-electron chi connectivity index (χ2n) is 4.73. The van der Waals surface area contributed by atoms with Crippen LogP contribution in [0.5, 0.6) is 5.75 Å². The lowest BCUT2D eigenvalue weighted by atomic mass is 10.1.